The second-order valence-corrected chi connectivity index (χ2v) is 5.08. The highest BCUT2D eigenvalue weighted by atomic mass is 79.9. The van der Waals surface area contributed by atoms with Gasteiger partial charge in [-0.05, 0) is 40.5 Å². The molecule has 1 aromatic rings. The lowest BCUT2D eigenvalue weighted by Crippen LogP contribution is -2.40. The third-order valence-electron chi connectivity index (χ3n) is 2.39. The monoisotopic (exact) mass is 303 g/mol. The van der Waals surface area contributed by atoms with Crippen molar-refractivity contribution in [2.24, 2.45) is 0 Å². The molecule has 5 heteroatoms. The van der Waals surface area contributed by atoms with Crippen LogP contribution < -0.4 is 10.1 Å². The first kappa shape index (κ1) is 14.4. The number of hydrogen-bond acceptors (Lipinski definition) is 4. The molecule has 96 valence electrons. The summed E-state index contributed by atoms with van der Waals surface area (Å²) in [5.74, 6) is 0.788. The molecule has 1 atom stereocenters. The average Bonchev–Trinajstić information content (AvgIpc) is 2.29. The highest BCUT2D eigenvalue weighted by Gasteiger charge is 2.17. The SMILES string of the molecule is COc1ccc(CNCC(C)(O)CO)cc1Br. The zero-order chi connectivity index (χ0) is 12.9. The Morgan fingerprint density at radius 2 is 2.18 bits per heavy atom. The van der Waals surface area contributed by atoms with Crippen LogP contribution in [0, 0.1) is 0 Å². The van der Waals surface area contributed by atoms with E-state index in [1.54, 1.807) is 14.0 Å². The molecule has 0 aromatic heterocycles. The fourth-order valence-corrected chi connectivity index (χ4v) is 1.94. The summed E-state index contributed by atoms with van der Waals surface area (Å²) in [5.41, 5.74) is -0.00428. The van der Waals surface area contributed by atoms with E-state index in [9.17, 15) is 5.11 Å². The van der Waals surface area contributed by atoms with Crippen molar-refractivity contribution >= 4 is 15.9 Å². The lowest BCUT2D eigenvalue weighted by Gasteiger charge is -2.20. The van der Waals surface area contributed by atoms with E-state index in [4.69, 9.17) is 9.84 Å². The highest BCUT2D eigenvalue weighted by Crippen LogP contribution is 2.25. The predicted octanol–water partition coefficient (Wildman–Crippen LogP) is 1.29. The summed E-state index contributed by atoms with van der Waals surface area (Å²) in [6, 6.07) is 5.79. The van der Waals surface area contributed by atoms with Gasteiger partial charge in [0.2, 0.25) is 0 Å². The van der Waals surface area contributed by atoms with Gasteiger partial charge in [-0.1, -0.05) is 6.07 Å². The Kier molecular flexibility index (Phi) is 5.39. The van der Waals surface area contributed by atoms with E-state index >= 15 is 0 Å². The molecule has 0 saturated carbocycles. The summed E-state index contributed by atoms with van der Waals surface area (Å²) in [7, 11) is 1.62. The number of ether oxygens (including phenoxy) is 1. The van der Waals surface area contributed by atoms with Crippen LogP contribution in [0.15, 0.2) is 22.7 Å². The van der Waals surface area contributed by atoms with Crippen LogP contribution in [0.25, 0.3) is 0 Å². The molecular formula is C12H18BrNO3. The fourth-order valence-electron chi connectivity index (χ4n) is 1.35. The lowest BCUT2D eigenvalue weighted by molar-refractivity contribution is 0.00254. The van der Waals surface area contributed by atoms with Crippen molar-refractivity contribution in [3.05, 3.63) is 28.2 Å². The maximum absolute atomic E-state index is 9.60. The van der Waals surface area contributed by atoms with Crippen LogP contribution in [-0.4, -0.2) is 36.1 Å². The maximum atomic E-state index is 9.60. The third-order valence-corrected chi connectivity index (χ3v) is 3.01. The molecule has 1 rings (SSSR count). The van der Waals surface area contributed by atoms with Gasteiger partial charge in [-0.2, -0.15) is 0 Å². The predicted molar refractivity (Wildman–Crippen MR) is 70.1 cm³/mol. The van der Waals surface area contributed by atoms with Crippen LogP contribution in [-0.2, 0) is 6.54 Å². The normalized spacial score (nSPS) is 14.4. The molecule has 0 heterocycles. The standard InChI is InChI=1S/C12H18BrNO3/c1-12(16,8-15)7-14-6-9-3-4-11(17-2)10(13)5-9/h3-5,14-16H,6-8H2,1-2H3. The molecule has 0 bridgehead atoms. The highest BCUT2D eigenvalue weighted by molar-refractivity contribution is 9.10. The van der Waals surface area contributed by atoms with Gasteiger partial charge in [0.25, 0.3) is 0 Å². The molecule has 0 fully saturated rings. The van der Waals surface area contributed by atoms with Crippen LogP contribution in [0.3, 0.4) is 0 Å². The maximum Gasteiger partial charge on any atom is 0.133 e. The second-order valence-electron chi connectivity index (χ2n) is 4.23. The van der Waals surface area contributed by atoms with Crippen LogP contribution in [0.4, 0.5) is 0 Å². The van der Waals surface area contributed by atoms with Gasteiger partial charge in [0.05, 0.1) is 23.8 Å². The topological polar surface area (TPSA) is 61.7 Å². The van der Waals surface area contributed by atoms with Gasteiger partial charge < -0.3 is 20.3 Å². The molecule has 0 aliphatic heterocycles. The van der Waals surface area contributed by atoms with E-state index in [1.165, 1.54) is 0 Å². The molecule has 0 aliphatic carbocycles. The third kappa shape index (κ3) is 4.63. The zero-order valence-electron chi connectivity index (χ0n) is 10.0. The minimum absolute atomic E-state index is 0.258. The first-order valence-corrected chi connectivity index (χ1v) is 6.14. The average molecular weight is 304 g/mol. The van der Waals surface area contributed by atoms with Crippen LogP contribution in [0.2, 0.25) is 0 Å². The van der Waals surface area contributed by atoms with Gasteiger partial charge in [0, 0.05) is 13.1 Å². The summed E-state index contributed by atoms with van der Waals surface area (Å²) in [5, 5.41) is 21.6. The minimum Gasteiger partial charge on any atom is -0.496 e. The molecule has 1 unspecified atom stereocenters. The molecule has 1 aromatic carbocycles. The van der Waals surface area contributed by atoms with Crippen molar-refractivity contribution in [2.75, 3.05) is 20.3 Å². The van der Waals surface area contributed by atoms with Crippen LogP contribution in [0.1, 0.15) is 12.5 Å². The van der Waals surface area contributed by atoms with E-state index in [0.29, 0.717) is 13.1 Å². The largest absolute Gasteiger partial charge is 0.496 e. The number of halogens is 1. The summed E-state index contributed by atoms with van der Waals surface area (Å²) in [4.78, 5) is 0. The quantitative estimate of drug-likeness (QED) is 0.741. The summed E-state index contributed by atoms with van der Waals surface area (Å²) >= 11 is 3.41. The number of methoxy groups -OCH3 is 1. The minimum atomic E-state index is -1.08. The van der Waals surface area contributed by atoms with Crippen molar-refractivity contribution in [1.82, 2.24) is 5.32 Å². The Bertz CT molecular complexity index is 369. The molecular weight excluding hydrogens is 286 g/mol. The van der Waals surface area contributed by atoms with Crippen molar-refractivity contribution < 1.29 is 14.9 Å². The van der Waals surface area contributed by atoms with Gasteiger partial charge in [0.15, 0.2) is 0 Å². The molecule has 0 saturated heterocycles. The van der Waals surface area contributed by atoms with Crippen molar-refractivity contribution in [1.29, 1.82) is 0 Å². The van der Waals surface area contributed by atoms with Gasteiger partial charge in [0.1, 0.15) is 5.75 Å². The Balaban J connectivity index is 2.50. The first-order valence-electron chi connectivity index (χ1n) is 5.35. The van der Waals surface area contributed by atoms with E-state index in [2.05, 4.69) is 21.2 Å². The summed E-state index contributed by atoms with van der Waals surface area (Å²) < 4.78 is 6.03. The van der Waals surface area contributed by atoms with E-state index < -0.39 is 5.60 Å². The Morgan fingerprint density at radius 1 is 1.47 bits per heavy atom. The summed E-state index contributed by atoms with van der Waals surface area (Å²) in [6.07, 6.45) is 0. The first-order chi connectivity index (χ1) is 7.98. The van der Waals surface area contributed by atoms with Crippen LogP contribution in [0.5, 0.6) is 5.75 Å². The van der Waals surface area contributed by atoms with Crippen molar-refractivity contribution in [3.63, 3.8) is 0 Å². The lowest BCUT2D eigenvalue weighted by atomic mass is 10.1. The van der Waals surface area contributed by atoms with Gasteiger partial charge in [-0.3, -0.25) is 0 Å². The molecule has 0 aliphatic rings. The number of aliphatic hydroxyl groups excluding tert-OH is 1. The Hall–Kier alpha value is -0.620. The van der Waals surface area contributed by atoms with Gasteiger partial charge in [-0.25, -0.2) is 0 Å². The summed E-state index contributed by atoms with van der Waals surface area (Å²) in [6.45, 7) is 2.29. The smallest absolute Gasteiger partial charge is 0.133 e. The van der Waals surface area contributed by atoms with E-state index in [-0.39, 0.29) is 6.61 Å². The molecule has 0 radical (unpaired) electrons. The number of nitrogens with one attached hydrogen (secondary N) is 1. The molecule has 0 amide bonds. The molecule has 4 nitrogen and oxygen atoms in total. The van der Waals surface area contributed by atoms with Crippen molar-refractivity contribution in [3.8, 4) is 5.75 Å². The Morgan fingerprint density at radius 3 is 2.71 bits per heavy atom. The molecule has 0 spiro atoms. The van der Waals surface area contributed by atoms with Crippen LogP contribution >= 0.6 is 15.9 Å². The van der Waals surface area contributed by atoms with Gasteiger partial charge >= 0.3 is 0 Å². The zero-order valence-corrected chi connectivity index (χ0v) is 11.6. The fraction of sp³-hybridized carbons (Fsp3) is 0.500. The van der Waals surface area contributed by atoms with E-state index in [0.717, 1.165) is 15.8 Å². The number of aliphatic hydroxyl groups is 2. The van der Waals surface area contributed by atoms with Crippen molar-refractivity contribution in [2.45, 2.75) is 19.1 Å². The number of rotatable bonds is 6. The second kappa shape index (κ2) is 6.35. The van der Waals surface area contributed by atoms with Gasteiger partial charge in [-0.15, -0.1) is 0 Å². The molecule has 17 heavy (non-hydrogen) atoms. The number of hydrogen-bond donors (Lipinski definition) is 3. The Labute approximate surface area is 110 Å². The van der Waals surface area contributed by atoms with E-state index in [1.807, 2.05) is 18.2 Å². The molecule has 3 N–H and O–H groups in total. The number of benzene rings is 1.